The van der Waals surface area contributed by atoms with E-state index in [4.69, 9.17) is 0 Å². The third-order valence-electron chi connectivity index (χ3n) is 9.13. The summed E-state index contributed by atoms with van der Waals surface area (Å²) in [5.41, 5.74) is 3.32. The van der Waals surface area contributed by atoms with Crippen LogP contribution >= 0.6 is 22.7 Å². The molecular weight excluding hydrogens is 827 g/mol. The minimum absolute atomic E-state index is 0. The van der Waals surface area contributed by atoms with Gasteiger partial charge in [0.25, 0.3) is 0 Å². The van der Waals surface area contributed by atoms with E-state index in [9.17, 15) is 36.2 Å². The number of alkyl halides is 6. The zero-order chi connectivity index (χ0) is 38.5. The van der Waals surface area contributed by atoms with Crippen LogP contribution in [0, 0.1) is 39.5 Å². The molecule has 1 atom stereocenters. The van der Waals surface area contributed by atoms with Crippen LogP contribution in [0.25, 0.3) is 0 Å². The Labute approximate surface area is 349 Å². The van der Waals surface area contributed by atoms with Gasteiger partial charge in [0, 0.05) is 42.0 Å². The minimum Gasteiger partial charge on any atom is -1.00 e. The van der Waals surface area contributed by atoms with Crippen molar-refractivity contribution in [1.82, 2.24) is 19.9 Å². The number of aliphatic hydroxyl groups is 1. The number of halogens is 7. The Balaban J connectivity index is 0.000000439. The van der Waals surface area contributed by atoms with E-state index in [0.717, 1.165) is 38.3 Å². The van der Waals surface area contributed by atoms with Crippen molar-refractivity contribution in [2.24, 2.45) is 11.8 Å². The number of carbonyl (C=O) groups excluding carboxylic acids is 1. The van der Waals surface area contributed by atoms with E-state index in [2.05, 4.69) is 26.9 Å². The summed E-state index contributed by atoms with van der Waals surface area (Å²) in [6.45, 7) is 10.6. The van der Waals surface area contributed by atoms with Crippen molar-refractivity contribution in [3.8, 4) is 0 Å². The summed E-state index contributed by atoms with van der Waals surface area (Å²) in [7, 11) is 0. The molecule has 2 aliphatic carbocycles. The van der Waals surface area contributed by atoms with E-state index in [1.807, 2.05) is 50.2 Å². The van der Waals surface area contributed by atoms with E-state index in [-0.39, 0.29) is 77.6 Å². The Kier molecular flexibility index (Phi) is 22.2. The molecule has 6 nitrogen and oxygen atoms in total. The molecule has 16 heteroatoms. The van der Waals surface area contributed by atoms with E-state index in [0.29, 0.717) is 42.7 Å². The fraction of sp³-hybridized carbons (Fsp3) is 0.526. The van der Waals surface area contributed by atoms with Gasteiger partial charge in [-0.05, 0) is 96.4 Å². The normalized spacial score (nSPS) is 20.1. The summed E-state index contributed by atoms with van der Waals surface area (Å²) in [5.74, 6) is -2.20. The second-order valence-corrected chi connectivity index (χ2v) is 14.9. The summed E-state index contributed by atoms with van der Waals surface area (Å²) in [6.07, 6.45) is -1.50. The molecule has 294 valence electrons. The molecule has 2 fully saturated rings. The van der Waals surface area contributed by atoms with Gasteiger partial charge in [-0.25, -0.2) is 9.97 Å². The van der Waals surface area contributed by atoms with E-state index < -0.39 is 30.3 Å². The smallest absolute Gasteiger partial charge is 1.00 e. The summed E-state index contributed by atoms with van der Waals surface area (Å²) >= 11 is 2.75. The molecule has 0 aliphatic heterocycles. The number of nitrogens with zero attached hydrogens (tertiary/aromatic N) is 4. The maximum absolute atomic E-state index is 12.8. The molecule has 6 rings (SSSR count). The molecule has 0 saturated heterocycles. The Bertz CT molecular complexity index is 1630. The Morgan fingerprint density at radius 2 is 1.22 bits per heavy atom. The van der Waals surface area contributed by atoms with Crippen LogP contribution in [0.15, 0.2) is 48.8 Å². The molecule has 0 spiro atoms. The van der Waals surface area contributed by atoms with Crippen LogP contribution in [0.4, 0.5) is 26.3 Å². The molecule has 54 heavy (non-hydrogen) atoms. The predicted octanol–water partition coefficient (Wildman–Crippen LogP) is 7.91. The van der Waals surface area contributed by atoms with Gasteiger partial charge in [-0.3, -0.25) is 14.8 Å². The largest absolute Gasteiger partial charge is 2.00 e. The topological polar surface area (TPSA) is 88.9 Å². The van der Waals surface area contributed by atoms with Crippen molar-refractivity contribution in [3.05, 3.63) is 98.3 Å². The van der Waals surface area contributed by atoms with Gasteiger partial charge in [-0.15, -0.1) is 22.7 Å². The van der Waals surface area contributed by atoms with Gasteiger partial charge < -0.3 is 29.0 Å². The van der Waals surface area contributed by atoms with E-state index >= 15 is 0 Å². The Hall–Kier alpha value is -1.98. The van der Waals surface area contributed by atoms with Gasteiger partial charge >= 0.3 is 35.4 Å². The van der Waals surface area contributed by atoms with Crippen molar-refractivity contribution in [2.45, 2.75) is 116 Å². The third kappa shape index (κ3) is 15.5. The number of aldehydes is 1. The van der Waals surface area contributed by atoms with Gasteiger partial charge in [0.15, 0.2) is 6.29 Å². The molecule has 4 aromatic heterocycles. The molecule has 1 N–H and O–H groups in total. The van der Waals surface area contributed by atoms with E-state index in [1.165, 1.54) is 22.7 Å². The summed E-state index contributed by atoms with van der Waals surface area (Å²) in [4.78, 5) is 29.1. The SMILES string of the molecule is Cc1ccccn1.Cc1nc(C2CCC(C(F)(F)F)CC2)sc1C(O)Cc1ccccn1.Cc1nc(C2CCC(C(F)(F)F)CC2)sc1C=O.[Br-].[CH2-]C.[Mg+2]. The Morgan fingerprint density at radius 1 is 0.759 bits per heavy atom. The average Bonchev–Trinajstić information content (AvgIpc) is 3.72. The van der Waals surface area contributed by atoms with Crippen molar-refractivity contribution in [3.63, 3.8) is 0 Å². The minimum atomic E-state index is -4.09. The average molecular weight is 874 g/mol. The number of aromatic nitrogens is 4. The molecule has 0 aromatic carbocycles. The first kappa shape index (κ1) is 50.0. The molecule has 2 aliphatic rings. The fourth-order valence-corrected chi connectivity index (χ4v) is 8.50. The van der Waals surface area contributed by atoms with Crippen LogP contribution < -0.4 is 17.0 Å². The number of aryl methyl sites for hydroxylation is 3. The van der Waals surface area contributed by atoms with Crippen molar-refractivity contribution in [1.29, 1.82) is 0 Å². The van der Waals surface area contributed by atoms with E-state index in [1.54, 1.807) is 26.2 Å². The van der Waals surface area contributed by atoms with Crippen molar-refractivity contribution < 1.29 is 53.2 Å². The number of pyridine rings is 2. The third-order valence-corrected chi connectivity index (χ3v) is 11.8. The first-order valence-corrected chi connectivity index (χ1v) is 19.0. The summed E-state index contributed by atoms with van der Waals surface area (Å²) in [5, 5.41) is 12.2. The zero-order valence-electron chi connectivity index (χ0n) is 31.0. The molecule has 4 aromatic rings. The van der Waals surface area contributed by atoms with Gasteiger partial charge in [0.2, 0.25) is 0 Å². The van der Waals surface area contributed by atoms with Crippen LogP contribution in [0.1, 0.15) is 124 Å². The second kappa shape index (κ2) is 23.9. The van der Waals surface area contributed by atoms with Gasteiger partial charge in [0.05, 0.1) is 49.1 Å². The molecule has 0 bridgehead atoms. The first-order valence-electron chi connectivity index (χ1n) is 17.3. The molecule has 0 radical (unpaired) electrons. The number of carbonyl (C=O) groups is 1. The quantitative estimate of drug-likeness (QED) is 0.0918. The predicted molar refractivity (Wildman–Crippen MR) is 199 cm³/mol. The fourth-order valence-electron chi connectivity index (χ4n) is 6.22. The van der Waals surface area contributed by atoms with Crippen LogP contribution in [-0.2, 0) is 6.42 Å². The van der Waals surface area contributed by atoms with Crippen LogP contribution in [0.3, 0.4) is 0 Å². The van der Waals surface area contributed by atoms with Crippen LogP contribution in [0.2, 0.25) is 0 Å². The monoisotopic (exact) mass is 872 g/mol. The van der Waals surface area contributed by atoms with Crippen LogP contribution in [-0.4, -0.2) is 66.7 Å². The van der Waals surface area contributed by atoms with Gasteiger partial charge in [0.1, 0.15) is 0 Å². The molecule has 2 saturated carbocycles. The second-order valence-electron chi connectivity index (χ2n) is 12.8. The van der Waals surface area contributed by atoms with Crippen molar-refractivity contribution >= 4 is 52.0 Å². The molecule has 1 unspecified atom stereocenters. The zero-order valence-corrected chi connectivity index (χ0v) is 35.6. The molecular formula is C38H47BrF6MgN4O2S2. The number of thiazole rings is 2. The Morgan fingerprint density at radius 3 is 1.59 bits per heavy atom. The molecule has 0 amide bonds. The summed E-state index contributed by atoms with van der Waals surface area (Å²) < 4.78 is 76.0. The number of hydrogen-bond acceptors (Lipinski definition) is 8. The standard InChI is InChI=1S/C18H21F3N2OS.C12H14F3NOS.C6H7N.C2H5.BrH.Mg/c1-11-16(15(24)10-14-4-2-3-9-22-14)25-17(23-11)12-5-7-13(8-6-12)18(19,20)21;1-7-10(6-17)18-11(16-7)8-2-4-9(5-3-8)12(13,14)15;1-6-4-2-3-5-7-6;1-2;;/h2-4,9,12-13,15,24H,5-8,10H2,1H3;6,8-9H,2-5H2,1H3;2-5H,1H3;1H2,2H3;1H;/q;;;-1;;+2/p-1. The van der Waals surface area contributed by atoms with Crippen molar-refractivity contribution in [2.75, 3.05) is 0 Å². The number of rotatable bonds is 6. The maximum Gasteiger partial charge on any atom is 2.00 e. The molecule has 4 heterocycles. The number of aliphatic hydroxyl groups excluding tert-OH is 1. The van der Waals surface area contributed by atoms with Gasteiger partial charge in [-0.1, -0.05) is 12.1 Å². The maximum atomic E-state index is 12.8. The number of hydrogen-bond donors (Lipinski definition) is 1. The summed E-state index contributed by atoms with van der Waals surface area (Å²) in [6, 6.07) is 11.4. The first-order chi connectivity index (χ1) is 24.7. The van der Waals surface area contributed by atoms with Crippen LogP contribution in [0.5, 0.6) is 0 Å². The van der Waals surface area contributed by atoms with Gasteiger partial charge in [-0.2, -0.15) is 33.3 Å².